The lowest BCUT2D eigenvalue weighted by atomic mass is 9.94. The van der Waals surface area contributed by atoms with Crippen molar-refractivity contribution in [3.63, 3.8) is 0 Å². The van der Waals surface area contributed by atoms with E-state index in [-0.39, 0.29) is 6.17 Å². The molecule has 1 atom stereocenters. The first-order chi connectivity index (χ1) is 25.2. The van der Waals surface area contributed by atoms with E-state index in [0.717, 1.165) is 55.6 Å². The van der Waals surface area contributed by atoms with E-state index in [1.165, 1.54) is 32.7 Å². The number of nitrogens with zero attached hydrogens (tertiary/aromatic N) is 2. The zero-order valence-electron chi connectivity index (χ0n) is 27.6. The fourth-order valence-electron chi connectivity index (χ4n) is 7.40. The van der Waals surface area contributed by atoms with Gasteiger partial charge in [-0.15, -0.1) is 0 Å². The van der Waals surface area contributed by atoms with Gasteiger partial charge in [-0.05, 0) is 74.1 Å². The minimum Gasteiger partial charge on any atom is -0.456 e. The van der Waals surface area contributed by atoms with Gasteiger partial charge in [0, 0.05) is 27.5 Å². The molecule has 8 aromatic carbocycles. The number of aliphatic imine (C=N–C) groups is 2. The summed E-state index contributed by atoms with van der Waals surface area (Å²) in [6, 6.07) is 61.8. The maximum Gasteiger partial charge on any atom is 0.159 e. The minimum atomic E-state index is -0.367. The van der Waals surface area contributed by atoms with Crippen LogP contribution in [0.1, 0.15) is 22.9 Å². The number of fused-ring (bicyclic) bond motifs is 6. The molecule has 1 unspecified atom stereocenters. The highest BCUT2D eigenvalue weighted by molar-refractivity contribution is 6.14. The highest BCUT2D eigenvalue weighted by Gasteiger charge is 2.24. The number of rotatable bonds is 5. The fourth-order valence-corrected chi connectivity index (χ4v) is 7.40. The molecule has 2 heterocycles. The quantitative estimate of drug-likeness (QED) is 0.188. The molecule has 0 bridgehead atoms. The van der Waals surface area contributed by atoms with Crippen molar-refractivity contribution in [3.05, 3.63) is 193 Å². The molecular weight excluding hydrogens is 623 g/mol. The van der Waals surface area contributed by atoms with Crippen molar-refractivity contribution in [2.45, 2.75) is 6.17 Å². The lowest BCUT2D eigenvalue weighted by Gasteiger charge is -2.24. The van der Waals surface area contributed by atoms with E-state index in [0.29, 0.717) is 5.84 Å². The minimum absolute atomic E-state index is 0.367. The second kappa shape index (κ2) is 12.0. The Morgan fingerprint density at radius 2 is 1.08 bits per heavy atom. The van der Waals surface area contributed by atoms with Gasteiger partial charge in [-0.25, -0.2) is 9.98 Å². The summed E-state index contributed by atoms with van der Waals surface area (Å²) in [6.07, 6.45) is -0.367. The van der Waals surface area contributed by atoms with Crippen LogP contribution in [0.4, 0.5) is 0 Å². The van der Waals surface area contributed by atoms with E-state index in [9.17, 15) is 0 Å². The summed E-state index contributed by atoms with van der Waals surface area (Å²) in [7, 11) is 0. The van der Waals surface area contributed by atoms with Crippen molar-refractivity contribution in [1.82, 2.24) is 5.32 Å². The van der Waals surface area contributed by atoms with Crippen LogP contribution in [0.3, 0.4) is 0 Å². The Bertz CT molecular complexity index is 2830. The van der Waals surface area contributed by atoms with Gasteiger partial charge in [-0.3, -0.25) is 0 Å². The van der Waals surface area contributed by atoms with E-state index in [1.54, 1.807) is 0 Å². The van der Waals surface area contributed by atoms with E-state index < -0.39 is 0 Å². The SMILES string of the molecule is c1ccc(C2=NC(c3cccc(-c4ccc5ccc6cc(-c7ccccc7)ccc6c5c4)c3)=NC(c3cccc4oc5ccccc5c34)N2)cc1. The van der Waals surface area contributed by atoms with E-state index in [2.05, 4.69) is 139 Å². The van der Waals surface area contributed by atoms with Crippen LogP contribution in [0.2, 0.25) is 0 Å². The van der Waals surface area contributed by atoms with E-state index >= 15 is 0 Å². The number of hydrogen-bond acceptors (Lipinski definition) is 4. The Hall–Kier alpha value is -6.78. The third kappa shape index (κ3) is 5.17. The fraction of sp³-hybridized carbons (Fsp3) is 0.0213. The van der Waals surface area contributed by atoms with Crippen molar-refractivity contribution in [2.75, 3.05) is 0 Å². The topological polar surface area (TPSA) is 49.9 Å². The molecule has 4 heteroatoms. The summed E-state index contributed by atoms with van der Waals surface area (Å²) in [4.78, 5) is 10.4. The molecule has 1 N–H and O–H groups in total. The first kappa shape index (κ1) is 29.2. The van der Waals surface area contributed by atoms with Gasteiger partial charge in [0.1, 0.15) is 23.2 Å². The van der Waals surface area contributed by atoms with Gasteiger partial charge in [0.25, 0.3) is 0 Å². The molecule has 0 saturated heterocycles. The van der Waals surface area contributed by atoms with Crippen LogP contribution < -0.4 is 5.32 Å². The van der Waals surface area contributed by atoms with Crippen molar-refractivity contribution >= 4 is 55.2 Å². The van der Waals surface area contributed by atoms with Gasteiger partial charge < -0.3 is 9.73 Å². The van der Waals surface area contributed by atoms with E-state index in [1.807, 2.05) is 42.5 Å². The average molecular weight is 654 g/mol. The standard InChI is InChI=1S/C47H31N3O/c1-3-11-30(12-4-1)34-25-26-38-36(27-34)24-22-31-21-23-35(29-41(31)38)33-15-9-16-37(28-33)46-48-45(32-13-5-2-6-14-32)49-47(50-46)40-18-10-20-43-44(40)39-17-7-8-19-42(39)51-43/h1-29,47H,(H,48,49,50). The Kier molecular flexibility index (Phi) is 6.85. The molecule has 10 rings (SSSR count). The Morgan fingerprint density at radius 3 is 1.96 bits per heavy atom. The molecule has 51 heavy (non-hydrogen) atoms. The predicted octanol–water partition coefficient (Wildman–Crippen LogP) is 11.7. The van der Waals surface area contributed by atoms with Crippen molar-refractivity contribution in [3.8, 4) is 22.3 Å². The number of furan rings is 1. The molecule has 0 saturated carbocycles. The summed E-state index contributed by atoms with van der Waals surface area (Å²) in [5.74, 6) is 1.47. The number of benzene rings is 8. The first-order valence-electron chi connectivity index (χ1n) is 17.3. The van der Waals surface area contributed by atoms with Crippen LogP contribution in [-0.2, 0) is 0 Å². The van der Waals surface area contributed by atoms with Crippen LogP contribution in [-0.4, -0.2) is 11.7 Å². The summed E-state index contributed by atoms with van der Waals surface area (Å²) in [5.41, 5.74) is 9.44. The van der Waals surface area contributed by atoms with Crippen molar-refractivity contribution in [1.29, 1.82) is 0 Å². The number of para-hydroxylation sites is 1. The molecule has 1 aromatic heterocycles. The zero-order valence-corrected chi connectivity index (χ0v) is 27.6. The Morgan fingerprint density at radius 1 is 0.431 bits per heavy atom. The Labute approximate surface area is 295 Å². The van der Waals surface area contributed by atoms with Gasteiger partial charge in [-0.1, -0.05) is 146 Å². The second-order valence-electron chi connectivity index (χ2n) is 13.0. The van der Waals surface area contributed by atoms with Crippen LogP contribution in [0.15, 0.2) is 190 Å². The molecule has 1 aliphatic rings. The smallest absolute Gasteiger partial charge is 0.159 e. The third-order valence-corrected chi connectivity index (χ3v) is 9.92. The second-order valence-corrected chi connectivity index (χ2v) is 13.0. The summed E-state index contributed by atoms with van der Waals surface area (Å²) in [6.45, 7) is 0. The van der Waals surface area contributed by atoms with Crippen molar-refractivity contribution < 1.29 is 4.42 Å². The molecule has 9 aromatic rings. The number of nitrogens with one attached hydrogen (secondary N) is 1. The molecular formula is C47H31N3O. The molecule has 0 spiro atoms. The Balaban J connectivity index is 1.08. The predicted molar refractivity (Wildman–Crippen MR) is 211 cm³/mol. The van der Waals surface area contributed by atoms with Gasteiger partial charge in [-0.2, -0.15) is 0 Å². The summed E-state index contributed by atoms with van der Waals surface area (Å²) >= 11 is 0. The van der Waals surface area contributed by atoms with Gasteiger partial charge in [0.2, 0.25) is 0 Å². The first-order valence-corrected chi connectivity index (χ1v) is 17.3. The van der Waals surface area contributed by atoms with Crippen LogP contribution in [0.5, 0.6) is 0 Å². The molecule has 4 nitrogen and oxygen atoms in total. The van der Waals surface area contributed by atoms with Crippen molar-refractivity contribution in [2.24, 2.45) is 9.98 Å². The van der Waals surface area contributed by atoms with Gasteiger partial charge in [0.15, 0.2) is 5.84 Å². The summed E-state index contributed by atoms with van der Waals surface area (Å²) in [5, 5.41) is 10.7. The lowest BCUT2D eigenvalue weighted by Crippen LogP contribution is -2.33. The highest BCUT2D eigenvalue weighted by Crippen LogP contribution is 2.37. The maximum atomic E-state index is 6.25. The van der Waals surface area contributed by atoms with Crippen LogP contribution in [0, 0.1) is 0 Å². The molecule has 240 valence electrons. The normalized spacial score (nSPS) is 14.5. The number of hydrogen-bond donors (Lipinski definition) is 1. The van der Waals surface area contributed by atoms with Crippen LogP contribution >= 0.6 is 0 Å². The number of amidine groups is 2. The average Bonchev–Trinajstić information content (AvgIpc) is 3.60. The molecule has 1 aliphatic heterocycles. The molecule has 0 aliphatic carbocycles. The van der Waals surface area contributed by atoms with Crippen LogP contribution in [0.25, 0.3) is 65.7 Å². The summed E-state index contributed by atoms with van der Waals surface area (Å²) < 4.78 is 6.25. The maximum absolute atomic E-state index is 6.25. The lowest BCUT2D eigenvalue weighted by molar-refractivity contribution is 0.662. The van der Waals surface area contributed by atoms with Gasteiger partial charge >= 0.3 is 0 Å². The van der Waals surface area contributed by atoms with E-state index in [4.69, 9.17) is 14.4 Å². The monoisotopic (exact) mass is 653 g/mol. The molecule has 0 radical (unpaired) electrons. The zero-order chi connectivity index (χ0) is 33.7. The third-order valence-electron chi connectivity index (χ3n) is 9.92. The molecule has 0 fully saturated rings. The van der Waals surface area contributed by atoms with Gasteiger partial charge in [0.05, 0.1) is 0 Å². The highest BCUT2D eigenvalue weighted by atomic mass is 16.3. The largest absolute Gasteiger partial charge is 0.456 e. The molecule has 0 amide bonds.